The minimum atomic E-state index is -0.362. The molecule has 0 N–H and O–H groups in total. The Kier molecular flexibility index (Phi) is 5.51. The molecule has 1 atom stereocenters. The summed E-state index contributed by atoms with van der Waals surface area (Å²) in [5.41, 5.74) is 0.391. The number of carbonyl (C=O) groups excluding carboxylic acids is 1. The number of thiazole rings is 1. The van der Waals surface area contributed by atoms with Crippen molar-refractivity contribution >= 4 is 17.3 Å². The number of aromatic nitrogens is 1. The first-order valence-corrected chi connectivity index (χ1v) is 7.85. The average Bonchev–Trinajstić information content (AvgIpc) is 2.82. The highest BCUT2D eigenvalue weighted by atomic mass is 32.1. The maximum absolute atomic E-state index is 11.8. The lowest BCUT2D eigenvalue weighted by atomic mass is 10.2. The van der Waals surface area contributed by atoms with E-state index in [4.69, 9.17) is 9.47 Å². The number of hydrogen-bond donors (Lipinski definition) is 0. The van der Waals surface area contributed by atoms with Crippen LogP contribution in [-0.4, -0.2) is 54.8 Å². The number of nitrogens with zero attached hydrogens (tertiary/aromatic N) is 2. The number of rotatable bonds is 5. The fraction of sp³-hybridized carbons (Fsp3) is 0.714. The van der Waals surface area contributed by atoms with Gasteiger partial charge in [0.25, 0.3) is 0 Å². The smallest absolute Gasteiger partial charge is 0.357 e. The molecule has 112 valence electrons. The van der Waals surface area contributed by atoms with Crippen molar-refractivity contribution in [2.45, 2.75) is 26.9 Å². The number of aryl methyl sites for hydroxylation is 1. The lowest BCUT2D eigenvalue weighted by Gasteiger charge is -2.33. The number of carbonyl (C=O) groups is 1. The summed E-state index contributed by atoms with van der Waals surface area (Å²) in [6.45, 7) is 10.1. The van der Waals surface area contributed by atoms with Crippen molar-refractivity contribution in [3.8, 4) is 0 Å². The Bertz CT molecular complexity index is 447. The molecular formula is C14H22N2O3S. The molecule has 1 fully saturated rings. The van der Waals surface area contributed by atoms with Gasteiger partial charge in [0, 0.05) is 25.0 Å². The van der Waals surface area contributed by atoms with E-state index in [-0.39, 0.29) is 12.1 Å². The van der Waals surface area contributed by atoms with Gasteiger partial charge in [-0.25, -0.2) is 9.78 Å². The van der Waals surface area contributed by atoms with Gasteiger partial charge in [0.05, 0.1) is 11.6 Å². The van der Waals surface area contributed by atoms with E-state index in [1.54, 1.807) is 5.38 Å². The Morgan fingerprint density at radius 1 is 1.65 bits per heavy atom. The van der Waals surface area contributed by atoms with Crippen LogP contribution in [-0.2, 0) is 9.47 Å². The molecule has 0 saturated carbocycles. The zero-order chi connectivity index (χ0) is 14.5. The van der Waals surface area contributed by atoms with E-state index < -0.39 is 0 Å². The van der Waals surface area contributed by atoms with E-state index >= 15 is 0 Å². The molecule has 0 amide bonds. The van der Waals surface area contributed by atoms with Gasteiger partial charge in [-0.05, 0) is 12.8 Å². The molecular weight excluding hydrogens is 276 g/mol. The van der Waals surface area contributed by atoms with Crippen LogP contribution in [0.15, 0.2) is 5.38 Å². The van der Waals surface area contributed by atoms with Gasteiger partial charge in [0.2, 0.25) is 0 Å². The molecule has 0 spiro atoms. The lowest BCUT2D eigenvalue weighted by molar-refractivity contribution is -0.0613. The van der Waals surface area contributed by atoms with E-state index in [9.17, 15) is 4.79 Å². The van der Waals surface area contributed by atoms with Crippen molar-refractivity contribution in [3.05, 3.63) is 16.1 Å². The number of morpholine rings is 1. The van der Waals surface area contributed by atoms with Crippen LogP contribution >= 0.6 is 11.3 Å². The van der Waals surface area contributed by atoms with Gasteiger partial charge in [-0.2, -0.15) is 0 Å². The molecule has 0 bridgehead atoms. The predicted octanol–water partition coefficient (Wildman–Crippen LogP) is 1.97. The maximum atomic E-state index is 11.8. The zero-order valence-corrected chi connectivity index (χ0v) is 13.1. The monoisotopic (exact) mass is 298 g/mol. The predicted molar refractivity (Wildman–Crippen MR) is 78.2 cm³/mol. The molecule has 1 aromatic heterocycles. The van der Waals surface area contributed by atoms with Crippen LogP contribution < -0.4 is 0 Å². The van der Waals surface area contributed by atoms with Gasteiger partial charge in [-0.3, -0.25) is 4.90 Å². The Balaban J connectivity index is 1.77. The third-order valence-corrected chi connectivity index (χ3v) is 3.85. The minimum absolute atomic E-state index is 0.0359. The molecule has 0 aliphatic carbocycles. The highest BCUT2D eigenvalue weighted by Gasteiger charge is 2.23. The number of hydrogen-bond acceptors (Lipinski definition) is 6. The van der Waals surface area contributed by atoms with Gasteiger partial charge >= 0.3 is 5.97 Å². The number of esters is 1. The van der Waals surface area contributed by atoms with E-state index in [2.05, 4.69) is 23.7 Å². The Morgan fingerprint density at radius 2 is 2.45 bits per heavy atom. The second-order valence-electron chi connectivity index (χ2n) is 5.50. The molecule has 0 unspecified atom stereocenters. The fourth-order valence-corrected chi connectivity index (χ4v) is 2.85. The molecule has 20 heavy (non-hydrogen) atoms. The Hall–Kier alpha value is -0.980. The summed E-state index contributed by atoms with van der Waals surface area (Å²) >= 11 is 1.45. The normalized spacial score (nSPS) is 20.3. The van der Waals surface area contributed by atoms with Crippen molar-refractivity contribution in [2.24, 2.45) is 5.92 Å². The van der Waals surface area contributed by atoms with Crippen molar-refractivity contribution in [3.63, 3.8) is 0 Å². The first-order chi connectivity index (χ1) is 9.54. The van der Waals surface area contributed by atoms with Crippen molar-refractivity contribution in [2.75, 3.05) is 32.8 Å². The summed E-state index contributed by atoms with van der Waals surface area (Å²) in [4.78, 5) is 18.3. The van der Waals surface area contributed by atoms with Crippen LogP contribution in [0.25, 0.3) is 0 Å². The van der Waals surface area contributed by atoms with Crippen LogP contribution in [0.3, 0.4) is 0 Å². The van der Waals surface area contributed by atoms with Crippen molar-refractivity contribution < 1.29 is 14.3 Å². The quantitative estimate of drug-likeness (QED) is 0.778. The topological polar surface area (TPSA) is 51.7 Å². The Labute approximate surface area is 123 Å². The van der Waals surface area contributed by atoms with Gasteiger partial charge in [-0.1, -0.05) is 13.8 Å². The van der Waals surface area contributed by atoms with Crippen molar-refractivity contribution in [1.82, 2.24) is 9.88 Å². The molecule has 6 heteroatoms. The molecule has 1 aliphatic rings. The summed E-state index contributed by atoms with van der Waals surface area (Å²) in [7, 11) is 0. The third-order valence-electron chi connectivity index (χ3n) is 3.07. The second kappa shape index (κ2) is 7.15. The first kappa shape index (κ1) is 15.4. The van der Waals surface area contributed by atoms with Crippen LogP contribution in [0.4, 0.5) is 0 Å². The molecule has 0 aromatic carbocycles. The highest BCUT2D eigenvalue weighted by Crippen LogP contribution is 2.11. The molecule has 1 saturated heterocycles. The summed E-state index contributed by atoms with van der Waals surface area (Å²) in [6.07, 6.45) is -0.0359. The van der Waals surface area contributed by atoms with Crippen LogP contribution in [0.2, 0.25) is 0 Å². The third kappa shape index (κ3) is 4.54. The van der Waals surface area contributed by atoms with E-state index in [0.717, 1.165) is 24.6 Å². The van der Waals surface area contributed by atoms with Gasteiger partial charge in [0.1, 0.15) is 12.7 Å². The van der Waals surface area contributed by atoms with Crippen molar-refractivity contribution in [1.29, 1.82) is 0 Å². The summed E-state index contributed by atoms with van der Waals surface area (Å²) in [5, 5.41) is 2.60. The molecule has 2 heterocycles. The highest BCUT2D eigenvalue weighted by molar-refractivity contribution is 7.09. The molecule has 1 aromatic rings. The van der Waals surface area contributed by atoms with Gasteiger partial charge in [-0.15, -0.1) is 11.3 Å². The molecule has 1 aliphatic heterocycles. The maximum Gasteiger partial charge on any atom is 0.357 e. The lowest BCUT2D eigenvalue weighted by Crippen LogP contribution is -2.45. The zero-order valence-electron chi connectivity index (χ0n) is 12.3. The molecule has 2 rings (SSSR count). The van der Waals surface area contributed by atoms with E-state index in [0.29, 0.717) is 24.8 Å². The van der Waals surface area contributed by atoms with Crippen LogP contribution in [0.5, 0.6) is 0 Å². The van der Waals surface area contributed by atoms with E-state index in [1.807, 2.05) is 6.92 Å². The summed E-state index contributed by atoms with van der Waals surface area (Å²) in [6, 6.07) is 0. The molecule has 0 radical (unpaired) electrons. The molecule has 5 nitrogen and oxygen atoms in total. The fourth-order valence-electron chi connectivity index (χ4n) is 2.26. The van der Waals surface area contributed by atoms with Gasteiger partial charge < -0.3 is 9.47 Å². The minimum Gasteiger partial charge on any atom is -0.458 e. The van der Waals surface area contributed by atoms with E-state index in [1.165, 1.54) is 11.3 Å². The number of ether oxygens (including phenoxy) is 2. The second-order valence-corrected chi connectivity index (χ2v) is 6.56. The van der Waals surface area contributed by atoms with Crippen LogP contribution in [0.1, 0.15) is 29.3 Å². The SMILES string of the molecule is Cc1nc(C(=O)OC[C@H]2CN(CC(C)C)CCO2)cs1. The summed E-state index contributed by atoms with van der Waals surface area (Å²) in [5.74, 6) is 0.271. The Morgan fingerprint density at radius 3 is 3.10 bits per heavy atom. The largest absolute Gasteiger partial charge is 0.458 e. The van der Waals surface area contributed by atoms with Gasteiger partial charge in [0.15, 0.2) is 5.69 Å². The van der Waals surface area contributed by atoms with Crippen LogP contribution in [0, 0.1) is 12.8 Å². The summed E-state index contributed by atoms with van der Waals surface area (Å²) < 4.78 is 10.9. The standard InChI is InChI=1S/C14H22N2O3S/c1-10(2)6-16-4-5-18-12(7-16)8-19-14(17)13-9-20-11(3)15-13/h9-10,12H,4-8H2,1-3H3/t12-/m1/s1. The first-order valence-electron chi connectivity index (χ1n) is 6.98. The average molecular weight is 298 g/mol.